The molecule has 1 aromatic carbocycles. The molecule has 1 aromatic rings. The van der Waals surface area contributed by atoms with Crippen LogP contribution in [0.25, 0.3) is 0 Å². The molecule has 2 rings (SSSR count). The van der Waals surface area contributed by atoms with Crippen LogP contribution < -0.4 is 5.73 Å². The van der Waals surface area contributed by atoms with Crippen LogP contribution >= 0.6 is 11.6 Å². The molecule has 0 bridgehead atoms. The molecular formula is C15H22ClFN2O. The van der Waals surface area contributed by atoms with Gasteiger partial charge in [-0.15, -0.1) is 0 Å². The SMILES string of the molecule is CN(CC1CCOCC1)C(CN)c1ccc(F)cc1Cl. The van der Waals surface area contributed by atoms with Crippen molar-refractivity contribution in [1.29, 1.82) is 0 Å². The van der Waals surface area contributed by atoms with E-state index in [9.17, 15) is 4.39 Å². The van der Waals surface area contributed by atoms with E-state index in [0.29, 0.717) is 17.5 Å². The molecule has 0 aromatic heterocycles. The van der Waals surface area contributed by atoms with Gasteiger partial charge in [0, 0.05) is 37.4 Å². The third-order valence-corrected chi connectivity index (χ3v) is 4.29. The van der Waals surface area contributed by atoms with Crippen LogP contribution in [0.15, 0.2) is 18.2 Å². The molecule has 0 saturated carbocycles. The summed E-state index contributed by atoms with van der Waals surface area (Å²) < 4.78 is 18.5. The summed E-state index contributed by atoms with van der Waals surface area (Å²) in [6, 6.07) is 4.54. The molecule has 0 spiro atoms. The van der Waals surface area contributed by atoms with Crippen molar-refractivity contribution in [2.24, 2.45) is 11.7 Å². The standard InChI is InChI=1S/C15H22ClFN2O/c1-19(10-11-4-6-20-7-5-11)15(9-18)13-3-2-12(17)8-14(13)16/h2-3,8,11,15H,4-7,9-10,18H2,1H3. The Labute approximate surface area is 124 Å². The lowest BCUT2D eigenvalue weighted by molar-refractivity contribution is 0.0507. The summed E-state index contributed by atoms with van der Waals surface area (Å²) in [4.78, 5) is 2.22. The topological polar surface area (TPSA) is 38.5 Å². The number of halogens is 2. The second kappa shape index (κ2) is 7.36. The fourth-order valence-corrected chi connectivity index (χ4v) is 3.07. The zero-order chi connectivity index (χ0) is 14.5. The minimum atomic E-state index is -0.318. The van der Waals surface area contributed by atoms with Crippen molar-refractivity contribution in [2.45, 2.75) is 18.9 Å². The lowest BCUT2D eigenvalue weighted by Gasteiger charge is -2.32. The predicted octanol–water partition coefficient (Wildman–Crippen LogP) is 2.84. The van der Waals surface area contributed by atoms with E-state index in [1.54, 1.807) is 6.07 Å². The molecule has 1 unspecified atom stereocenters. The van der Waals surface area contributed by atoms with Gasteiger partial charge >= 0.3 is 0 Å². The zero-order valence-corrected chi connectivity index (χ0v) is 12.6. The van der Waals surface area contributed by atoms with Crippen molar-refractivity contribution in [3.05, 3.63) is 34.6 Å². The lowest BCUT2D eigenvalue weighted by atomic mass is 9.97. The van der Waals surface area contributed by atoms with E-state index in [-0.39, 0.29) is 11.9 Å². The molecule has 3 nitrogen and oxygen atoms in total. The van der Waals surface area contributed by atoms with Crippen molar-refractivity contribution < 1.29 is 9.13 Å². The highest BCUT2D eigenvalue weighted by Crippen LogP contribution is 2.28. The summed E-state index contributed by atoms with van der Waals surface area (Å²) in [6.07, 6.45) is 2.16. The van der Waals surface area contributed by atoms with Gasteiger partial charge in [-0.25, -0.2) is 4.39 Å². The Morgan fingerprint density at radius 2 is 2.15 bits per heavy atom. The van der Waals surface area contributed by atoms with Crippen LogP contribution in [-0.2, 0) is 4.74 Å². The third kappa shape index (κ3) is 3.92. The average Bonchev–Trinajstić information content (AvgIpc) is 2.43. The molecule has 5 heteroatoms. The summed E-state index contributed by atoms with van der Waals surface area (Å²) in [5.41, 5.74) is 6.79. The van der Waals surface area contributed by atoms with Gasteiger partial charge in [-0.2, -0.15) is 0 Å². The van der Waals surface area contributed by atoms with Crippen molar-refractivity contribution >= 4 is 11.6 Å². The fraction of sp³-hybridized carbons (Fsp3) is 0.600. The summed E-state index contributed by atoms with van der Waals surface area (Å²) in [6.45, 7) is 3.09. The van der Waals surface area contributed by atoms with Crippen LogP contribution in [0, 0.1) is 11.7 Å². The molecule has 1 aliphatic rings. The molecule has 112 valence electrons. The molecule has 0 radical (unpaired) electrons. The molecule has 0 amide bonds. The van der Waals surface area contributed by atoms with Crippen molar-refractivity contribution in [2.75, 3.05) is 33.4 Å². The Hall–Kier alpha value is -0.680. The van der Waals surface area contributed by atoms with E-state index in [1.807, 2.05) is 7.05 Å². The number of rotatable bonds is 5. The predicted molar refractivity (Wildman–Crippen MR) is 79.4 cm³/mol. The molecule has 1 aliphatic heterocycles. The van der Waals surface area contributed by atoms with Gasteiger partial charge in [0.25, 0.3) is 0 Å². The quantitative estimate of drug-likeness (QED) is 0.909. The first-order valence-electron chi connectivity index (χ1n) is 7.04. The molecular weight excluding hydrogens is 279 g/mol. The molecule has 1 fully saturated rings. The second-order valence-electron chi connectivity index (χ2n) is 5.41. The zero-order valence-electron chi connectivity index (χ0n) is 11.8. The summed E-state index contributed by atoms with van der Waals surface area (Å²) in [7, 11) is 2.05. The molecule has 2 N–H and O–H groups in total. The maximum Gasteiger partial charge on any atom is 0.124 e. The Bertz CT molecular complexity index is 438. The van der Waals surface area contributed by atoms with E-state index >= 15 is 0 Å². The van der Waals surface area contributed by atoms with Crippen molar-refractivity contribution in [3.8, 4) is 0 Å². The van der Waals surface area contributed by atoms with E-state index in [4.69, 9.17) is 22.1 Å². The number of nitrogens with zero attached hydrogens (tertiary/aromatic N) is 1. The molecule has 1 atom stereocenters. The van der Waals surface area contributed by atoms with Gasteiger partial charge in [0.15, 0.2) is 0 Å². The maximum atomic E-state index is 13.1. The number of ether oxygens (including phenoxy) is 1. The fourth-order valence-electron chi connectivity index (χ4n) is 2.78. The monoisotopic (exact) mass is 300 g/mol. The highest BCUT2D eigenvalue weighted by molar-refractivity contribution is 6.31. The average molecular weight is 301 g/mol. The number of hydrogen-bond donors (Lipinski definition) is 1. The van der Waals surface area contributed by atoms with Crippen molar-refractivity contribution in [3.63, 3.8) is 0 Å². The van der Waals surface area contributed by atoms with Crippen LogP contribution in [-0.4, -0.2) is 38.3 Å². The smallest absolute Gasteiger partial charge is 0.124 e. The molecule has 20 heavy (non-hydrogen) atoms. The second-order valence-corrected chi connectivity index (χ2v) is 5.82. The van der Waals surface area contributed by atoms with Crippen molar-refractivity contribution in [1.82, 2.24) is 4.90 Å². The Kier molecular flexibility index (Phi) is 5.78. The van der Waals surface area contributed by atoms with E-state index in [1.165, 1.54) is 12.1 Å². The number of likely N-dealkylation sites (N-methyl/N-ethyl adjacent to an activating group) is 1. The summed E-state index contributed by atoms with van der Waals surface area (Å²) in [5.74, 6) is 0.309. The van der Waals surface area contributed by atoms with Gasteiger partial charge in [0.2, 0.25) is 0 Å². The van der Waals surface area contributed by atoms with Gasteiger partial charge in [-0.05, 0) is 43.5 Å². The summed E-state index contributed by atoms with van der Waals surface area (Å²) in [5, 5.41) is 0.444. The Morgan fingerprint density at radius 1 is 1.45 bits per heavy atom. The Balaban J connectivity index is 2.06. The normalized spacial score (nSPS) is 18.4. The molecule has 0 aliphatic carbocycles. The van der Waals surface area contributed by atoms with E-state index in [0.717, 1.165) is 38.2 Å². The number of benzene rings is 1. The van der Waals surface area contributed by atoms with Crippen LogP contribution in [0.2, 0.25) is 5.02 Å². The maximum absolute atomic E-state index is 13.1. The molecule has 1 saturated heterocycles. The summed E-state index contributed by atoms with van der Waals surface area (Å²) >= 11 is 6.15. The van der Waals surface area contributed by atoms with Gasteiger partial charge in [-0.1, -0.05) is 17.7 Å². The van der Waals surface area contributed by atoms with Gasteiger partial charge in [0.05, 0.1) is 0 Å². The number of hydrogen-bond acceptors (Lipinski definition) is 3. The minimum Gasteiger partial charge on any atom is -0.381 e. The van der Waals surface area contributed by atoms with Gasteiger partial charge in [0.1, 0.15) is 5.82 Å². The van der Waals surface area contributed by atoms with Crippen LogP contribution in [0.1, 0.15) is 24.4 Å². The third-order valence-electron chi connectivity index (χ3n) is 3.96. The first-order chi connectivity index (χ1) is 9.61. The highest BCUT2D eigenvalue weighted by Gasteiger charge is 2.22. The molecule has 1 heterocycles. The van der Waals surface area contributed by atoms with Crippen LogP contribution in [0.5, 0.6) is 0 Å². The number of nitrogens with two attached hydrogens (primary N) is 1. The lowest BCUT2D eigenvalue weighted by Crippen LogP contribution is -2.36. The largest absolute Gasteiger partial charge is 0.381 e. The van der Waals surface area contributed by atoms with Gasteiger partial charge in [-0.3, -0.25) is 4.90 Å². The van der Waals surface area contributed by atoms with E-state index in [2.05, 4.69) is 4.90 Å². The first-order valence-corrected chi connectivity index (χ1v) is 7.42. The van der Waals surface area contributed by atoms with E-state index < -0.39 is 0 Å². The minimum absolute atomic E-state index is 0.0194. The Morgan fingerprint density at radius 3 is 2.75 bits per heavy atom. The highest BCUT2D eigenvalue weighted by atomic mass is 35.5. The first kappa shape index (κ1) is 15.7. The van der Waals surface area contributed by atoms with Gasteiger partial charge < -0.3 is 10.5 Å². The van der Waals surface area contributed by atoms with Crippen LogP contribution in [0.3, 0.4) is 0 Å². The van der Waals surface area contributed by atoms with Crippen LogP contribution in [0.4, 0.5) is 4.39 Å².